The van der Waals surface area contributed by atoms with Crippen LogP contribution in [0, 0.1) is 5.92 Å². The third-order valence-electron chi connectivity index (χ3n) is 4.54. The van der Waals surface area contributed by atoms with Gasteiger partial charge in [-0.1, -0.05) is 17.7 Å². The SMILES string of the molecule is O=C(NC1CCc2cc(Cl)ccc21)N1CCCC(CO)C1. The molecule has 2 atom stereocenters. The summed E-state index contributed by atoms with van der Waals surface area (Å²) in [4.78, 5) is 14.2. The van der Waals surface area contributed by atoms with Gasteiger partial charge in [-0.15, -0.1) is 0 Å². The van der Waals surface area contributed by atoms with Crippen LogP contribution in [0.1, 0.15) is 36.4 Å². The lowest BCUT2D eigenvalue weighted by Crippen LogP contribution is -2.46. The van der Waals surface area contributed by atoms with Crippen molar-refractivity contribution in [2.75, 3.05) is 19.7 Å². The van der Waals surface area contributed by atoms with E-state index >= 15 is 0 Å². The Hall–Kier alpha value is -1.26. The third-order valence-corrected chi connectivity index (χ3v) is 4.78. The second kappa shape index (κ2) is 6.24. The van der Waals surface area contributed by atoms with Crippen molar-refractivity contribution in [2.45, 2.75) is 31.7 Å². The number of halogens is 1. The molecule has 0 spiro atoms. The number of amides is 2. The minimum atomic E-state index is -0.0130. The number of nitrogens with one attached hydrogen (secondary N) is 1. The average molecular weight is 309 g/mol. The van der Waals surface area contributed by atoms with Crippen molar-refractivity contribution >= 4 is 17.6 Å². The summed E-state index contributed by atoms with van der Waals surface area (Å²) < 4.78 is 0. The molecule has 4 nitrogen and oxygen atoms in total. The lowest BCUT2D eigenvalue weighted by molar-refractivity contribution is 0.128. The number of rotatable bonds is 2. The summed E-state index contributed by atoms with van der Waals surface area (Å²) in [7, 11) is 0. The van der Waals surface area contributed by atoms with E-state index in [0.29, 0.717) is 6.54 Å². The summed E-state index contributed by atoms with van der Waals surface area (Å²) in [5.74, 6) is 0.221. The first-order valence-electron chi connectivity index (χ1n) is 7.62. The Morgan fingerprint density at radius 1 is 1.43 bits per heavy atom. The second-order valence-corrected chi connectivity index (χ2v) is 6.46. The Morgan fingerprint density at radius 2 is 2.29 bits per heavy atom. The first-order valence-corrected chi connectivity index (χ1v) is 8.00. The van der Waals surface area contributed by atoms with Gasteiger partial charge >= 0.3 is 6.03 Å². The average Bonchev–Trinajstić information content (AvgIpc) is 2.89. The standard InChI is InChI=1S/C16H21ClN2O2/c17-13-4-5-14-12(8-13)3-6-15(14)18-16(21)19-7-1-2-11(9-19)10-20/h4-5,8,11,15,20H,1-3,6-7,9-10H2,(H,18,21). The zero-order chi connectivity index (χ0) is 14.8. The first kappa shape index (κ1) is 14.7. The lowest BCUT2D eigenvalue weighted by atomic mass is 9.99. The maximum atomic E-state index is 12.4. The van der Waals surface area contributed by atoms with Crippen molar-refractivity contribution in [3.63, 3.8) is 0 Å². The van der Waals surface area contributed by atoms with Crippen molar-refractivity contribution in [1.82, 2.24) is 10.2 Å². The molecule has 1 aromatic rings. The number of carbonyl (C=O) groups excluding carboxylic acids is 1. The van der Waals surface area contributed by atoms with E-state index < -0.39 is 0 Å². The van der Waals surface area contributed by atoms with E-state index in [0.717, 1.165) is 37.3 Å². The van der Waals surface area contributed by atoms with Gasteiger partial charge in [-0.25, -0.2) is 4.79 Å². The molecule has 2 amide bonds. The zero-order valence-corrected chi connectivity index (χ0v) is 12.8. The molecular weight excluding hydrogens is 288 g/mol. The van der Waals surface area contributed by atoms with Crippen LogP contribution in [0.25, 0.3) is 0 Å². The molecule has 1 aromatic carbocycles. The quantitative estimate of drug-likeness (QED) is 0.882. The van der Waals surface area contributed by atoms with Crippen molar-refractivity contribution in [1.29, 1.82) is 0 Å². The number of carbonyl (C=O) groups is 1. The number of urea groups is 1. The van der Waals surface area contributed by atoms with E-state index in [1.807, 2.05) is 23.1 Å². The van der Waals surface area contributed by atoms with Gasteiger partial charge < -0.3 is 15.3 Å². The van der Waals surface area contributed by atoms with E-state index in [1.165, 1.54) is 11.1 Å². The zero-order valence-electron chi connectivity index (χ0n) is 12.0. The Morgan fingerprint density at radius 3 is 3.10 bits per heavy atom. The summed E-state index contributed by atoms with van der Waals surface area (Å²) in [6.45, 7) is 1.60. The Bertz CT molecular complexity index is 535. The number of aliphatic hydroxyl groups excluding tert-OH is 1. The minimum Gasteiger partial charge on any atom is -0.396 e. The Labute approximate surface area is 130 Å². The molecule has 114 valence electrons. The molecule has 21 heavy (non-hydrogen) atoms. The van der Waals surface area contributed by atoms with E-state index in [2.05, 4.69) is 5.32 Å². The van der Waals surface area contributed by atoms with Crippen LogP contribution >= 0.6 is 11.6 Å². The van der Waals surface area contributed by atoms with E-state index in [9.17, 15) is 9.90 Å². The molecule has 0 bridgehead atoms. The highest BCUT2D eigenvalue weighted by atomic mass is 35.5. The number of hydrogen-bond donors (Lipinski definition) is 2. The molecule has 1 heterocycles. The van der Waals surface area contributed by atoms with Crippen molar-refractivity contribution in [3.05, 3.63) is 34.3 Å². The van der Waals surface area contributed by atoms with Crippen LogP contribution in [0.5, 0.6) is 0 Å². The predicted molar refractivity (Wildman–Crippen MR) is 82.4 cm³/mol. The van der Waals surface area contributed by atoms with Crippen LogP contribution in [0.2, 0.25) is 5.02 Å². The number of fused-ring (bicyclic) bond motifs is 1. The fourth-order valence-electron chi connectivity index (χ4n) is 3.37. The molecule has 0 radical (unpaired) electrons. The summed E-state index contributed by atoms with van der Waals surface area (Å²) in [6, 6.07) is 5.96. The fraction of sp³-hybridized carbons (Fsp3) is 0.562. The molecule has 5 heteroatoms. The maximum Gasteiger partial charge on any atom is 0.317 e. The van der Waals surface area contributed by atoms with Crippen molar-refractivity contribution in [3.8, 4) is 0 Å². The number of hydrogen-bond acceptors (Lipinski definition) is 2. The molecule has 2 N–H and O–H groups in total. The molecule has 0 saturated carbocycles. The summed E-state index contributed by atoms with van der Waals surface area (Å²) in [5.41, 5.74) is 2.42. The van der Waals surface area contributed by atoms with E-state index in [4.69, 9.17) is 11.6 Å². The van der Waals surface area contributed by atoms with E-state index in [-0.39, 0.29) is 24.6 Å². The Kier molecular flexibility index (Phi) is 4.36. The lowest BCUT2D eigenvalue weighted by Gasteiger charge is -2.32. The fourth-order valence-corrected chi connectivity index (χ4v) is 3.57. The van der Waals surface area contributed by atoms with Gasteiger partial charge in [0.05, 0.1) is 6.04 Å². The van der Waals surface area contributed by atoms with Crippen LogP contribution < -0.4 is 5.32 Å². The number of aliphatic hydroxyl groups is 1. The third kappa shape index (κ3) is 3.16. The van der Waals surface area contributed by atoms with Gasteiger partial charge in [0.15, 0.2) is 0 Å². The smallest absolute Gasteiger partial charge is 0.317 e. The van der Waals surface area contributed by atoms with Crippen LogP contribution in [0.3, 0.4) is 0 Å². The van der Waals surface area contributed by atoms with Gasteiger partial charge in [0, 0.05) is 24.7 Å². The topological polar surface area (TPSA) is 52.6 Å². The monoisotopic (exact) mass is 308 g/mol. The molecule has 3 rings (SSSR count). The maximum absolute atomic E-state index is 12.4. The van der Waals surface area contributed by atoms with E-state index in [1.54, 1.807) is 0 Å². The molecule has 2 unspecified atom stereocenters. The van der Waals surface area contributed by atoms with Gasteiger partial charge in [-0.05, 0) is 54.9 Å². The van der Waals surface area contributed by atoms with Gasteiger partial charge in [0.2, 0.25) is 0 Å². The summed E-state index contributed by atoms with van der Waals surface area (Å²) >= 11 is 6.01. The number of likely N-dealkylation sites (tertiary alicyclic amines) is 1. The molecule has 1 aliphatic carbocycles. The van der Waals surface area contributed by atoms with Crippen LogP contribution in [-0.4, -0.2) is 35.7 Å². The number of benzene rings is 1. The summed E-state index contributed by atoms with van der Waals surface area (Å²) in [6.07, 6.45) is 3.86. The molecule has 2 aliphatic rings. The van der Waals surface area contributed by atoms with Crippen LogP contribution in [0.15, 0.2) is 18.2 Å². The van der Waals surface area contributed by atoms with Gasteiger partial charge in [0.25, 0.3) is 0 Å². The normalized spacial score (nSPS) is 24.8. The number of nitrogens with zero attached hydrogens (tertiary/aromatic N) is 1. The largest absolute Gasteiger partial charge is 0.396 e. The predicted octanol–water partition coefficient (Wildman–Crippen LogP) is 2.74. The van der Waals surface area contributed by atoms with Crippen LogP contribution in [-0.2, 0) is 6.42 Å². The van der Waals surface area contributed by atoms with Gasteiger partial charge in [-0.3, -0.25) is 0 Å². The molecule has 0 aromatic heterocycles. The molecule has 1 saturated heterocycles. The highest BCUT2D eigenvalue weighted by molar-refractivity contribution is 6.30. The van der Waals surface area contributed by atoms with Crippen molar-refractivity contribution in [2.24, 2.45) is 5.92 Å². The number of piperidine rings is 1. The first-order chi connectivity index (χ1) is 10.2. The Balaban J connectivity index is 1.64. The summed E-state index contributed by atoms with van der Waals surface area (Å²) in [5, 5.41) is 13.1. The van der Waals surface area contributed by atoms with Crippen molar-refractivity contribution < 1.29 is 9.90 Å². The molecule has 1 aliphatic heterocycles. The van der Waals surface area contributed by atoms with Gasteiger partial charge in [-0.2, -0.15) is 0 Å². The highest BCUT2D eigenvalue weighted by Crippen LogP contribution is 2.33. The molecular formula is C16H21ClN2O2. The highest BCUT2D eigenvalue weighted by Gasteiger charge is 2.28. The molecule has 1 fully saturated rings. The van der Waals surface area contributed by atoms with Crippen LogP contribution in [0.4, 0.5) is 4.79 Å². The second-order valence-electron chi connectivity index (χ2n) is 6.02. The minimum absolute atomic E-state index is 0.0130. The van der Waals surface area contributed by atoms with Gasteiger partial charge in [0.1, 0.15) is 0 Å². The number of aryl methyl sites for hydroxylation is 1.